The molecule has 1 aromatic carbocycles. The average Bonchev–Trinajstić information content (AvgIpc) is 3.13. The maximum atomic E-state index is 12.7. The van der Waals surface area contributed by atoms with Crippen LogP contribution < -0.4 is 0 Å². The zero-order valence-electron chi connectivity index (χ0n) is 15.2. The molecule has 0 amide bonds. The molecule has 0 fully saturated rings. The van der Waals surface area contributed by atoms with Crippen LogP contribution in [0.5, 0.6) is 0 Å². The molecule has 0 saturated heterocycles. The average molecular weight is 342 g/mol. The molecule has 25 heavy (non-hydrogen) atoms. The molecule has 1 aliphatic carbocycles. The number of fused-ring (bicyclic) bond motifs is 1. The predicted octanol–water partition coefficient (Wildman–Crippen LogP) is 2.71. The number of hydrogen-bond acceptors (Lipinski definition) is 4. The molecule has 2 aromatic rings. The van der Waals surface area contributed by atoms with Crippen LogP contribution in [0, 0.1) is 19.8 Å². The van der Waals surface area contributed by atoms with Crippen molar-refractivity contribution in [3.63, 3.8) is 0 Å². The van der Waals surface area contributed by atoms with Gasteiger partial charge >= 0.3 is 0 Å². The van der Waals surface area contributed by atoms with Gasteiger partial charge in [0, 0.05) is 25.0 Å². The van der Waals surface area contributed by atoms with Gasteiger partial charge < -0.3 is 9.84 Å². The molecule has 0 bridgehead atoms. The second-order valence-corrected chi connectivity index (χ2v) is 7.10. The highest BCUT2D eigenvalue weighted by molar-refractivity contribution is 5.79. The van der Waals surface area contributed by atoms with E-state index in [0.29, 0.717) is 6.42 Å². The van der Waals surface area contributed by atoms with Crippen molar-refractivity contribution in [1.82, 2.24) is 9.78 Å². The molecule has 1 unspecified atom stereocenters. The van der Waals surface area contributed by atoms with E-state index >= 15 is 0 Å². The second-order valence-electron chi connectivity index (χ2n) is 7.10. The summed E-state index contributed by atoms with van der Waals surface area (Å²) in [7, 11) is 0. The molecule has 0 spiro atoms. The summed E-state index contributed by atoms with van der Waals surface area (Å²) in [5.74, 6) is 0.00360. The van der Waals surface area contributed by atoms with Crippen molar-refractivity contribution in [1.29, 1.82) is 0 Å². The summed E-state index contributed by atoms with van der Waals surface area (Å²) in [6, 6.07) is 10.2. The first-order valence-electron chi connectivity index (χ1n) is 8.83. The molecule has 5 nitrogen and oxygen atoms in total. The summed E-state index contributed by atoms with van der Waals surface area (Å²) < 4.78 is 7.62. The Labute approximate surface area is 148 Å². The molecule has 1 heterocycles. The van der Waals surface area contributed by atoms with Crippen molar-refractivity contribution in [3.05, 3.63) is 52.8 Å². The first-order chi connectivity index (χ1) is 11.9. The number of rotatable bonds is 6. The van der Waals surface area contributed by atoms with Crippen LogP contribution >= 0.6 is 0 Å². The summed E-state index contributed by atoms with van der Waals surface area (Å²) in [5.41, 5.74) is 3.79. The minimum absolute atomic E-state index is 0.0129. The van der Waals surface area contributed by atoms with E-state index in [9.17, 15) is 9.90 Å². The number of aromatic nitrogens is 2. The smallest absolute Gasteiger partial charge is 0.247 e. The highest BCUT2D eigenvalue weighted by Gasteiger charge is 2.43. The summed E-state index contributed by atoms with van der Waals surface area (Å²) in [5, 5.41) is 13.5. The molecule has 0 aliphatic heterocycles. The van der Waals surface area contributed by atoms with E-state index in [-0.39, 0.29) is 25.0 Å². The number of ether oxygens (including phenoxy) is 1. The van der Waals surface area contributed by atoms with E-state index in [1.54, 1.807) is 0 Å². The van der Waals surface area contributed by atoms with Crippen molar-refractivity contribution in [3.8, 4) is 0 Å². The monoisotopic (exact) mass is 342 g/mol. The number of aliphatic hydroxyl groups is 1. The fraction of sp³-hybridized carbons (Fsp3) is 0.500. The third-order valence-electron chi connectivity index (χ3n) is 5.20. The van der Waals surface area contributed by atoms with Crippen LogP contribution in [0.4, 0.5) is 0 Å². The Balaban J connectivity index is 1.80. The van der Waals surface area contributed by atoms with Gasteiger partial charge in [-0.25, -0.2) is 4.68 Å². The van der Waals surface area contributed by atoms with Crippen LogP contribution in [0.1, 0.15) is 40.7 Å². The molecule has 1 atom stereocenters. The van der Waals surface area contributed by atoms with E-state index in [1.807, 2.05) is 32.0 Å². The summed E-state index contributed by atoms with van der Waals surface area (Å²) in [4.78, 5) is 12.7. The van der Waals surface area contributed by atoms with Gasteiger partial charge in [0.1, 0.15) is 0 Å². The summed E-state index contributed by atoms with van der Waals surface area (Å²) in [6.07, 6.45) is 1.91. The number of benzene rings is 1. The summed E-state index contributed by atoms with van der Waals surface area (Å²) in [6.45, 7) is 6.11. The van der Waals surface area contributed by atoms with Crippen molar-refractivity contribution in [2.75, 3.05) is 13.2 Å². The second kappa shape index (κ2) is 7.10. The predicted molar refractivity (Wildman–Crippen MR) is 95.7 cm³/mol. The molecule has 5 heteroatoms. The lowest BCUT2D eigenvalue weighted by molar-refractivity contribution is -0.0856. The van der Waals surface area contributed by atoms with Gasteiger partial charge in [-0.15, -0.1) is 0 Å². The Hall–Kier alpha value is -1.98. The van der Waals surface area contributed by atoms with Gasteiger partial charge in [-0.3, -0.25) is 4.79 Å². The van der Waals surface area contributed by atoms with E-state index in [1.165, 1.54) is 15.8 Å². The van der Waals surface area contributed by atoms with Crippen LogP contribution in [0.2, 0.25) is 0 Å². The van der Waals surface area contributed by atoms with E-state index < -0.39 is 5.60 Å². The molecule has 3 rings (SSSR count). The Morgan fingerprint density at radius 3 is 2.48 bits per heavy atom. The first kappa shape index (κ1) is 17.8. The third-order valence-corrected chi connectivity index (χ3v) is 5.20. The number of aliphatic hydroxyl groups excluding tert-OH is 1. The topological polar surface area (TPSA) is 64.3 Å². The zero-order chi connectivity index (χ0) is 18.0. The molecular formula is C20H26N2O3. The van der Waals surface area contributed by atoms with Gasteiger partial charge in [-0.05, 0) is 37.0 Å². The maximum Gasteiger partial charge on any atom is 0.247 e. The molecule has 1 aromatic heterocycles. The van der Waals surface area contributed by atoms with Crippen molar-refractivity contribution >= 4 is 5.91 Å². The van der Waals surface area contributed by atoms with Gasteiger partial charge in [0.2, 0.25) is 5.91 Å². The molecule has 1 N–H and O–H groups in total. The fourth-order valence-electron chi connectivity index (χ4n) is 3.87. The Morgan fingerprint density at radius 1 is 1.32 bits per heavy atom. The SMILES string of the molecule is Cc1cc(C)n(C(=O)CC(C)C2(OCCO)Cc3ccccc3C2)n1. The maximum absolute atomic E-state index is 12.7. The highest BCUT2D eigenvalue weighted by atomic mass is 16.5. The number of hydrogen-bond donors (Lipinski definition) is 1. The number of carbonyl (C=O) groups excluding carboxylic acids is 1. The van der Waals surface area contributed by atoms with Crippen molar-refractivity contribution in [2.24, 2.45) is 5.92 Å². The van der Waals surface area contributed by atoms with Gasteiger partial charge in [0.25, 0.3) is 0 Å². The number of aryl methyl sites for hydroxylation is 2. The van der Waals surface area contributed by atoms with Crippen LogP contribution in [-0.2, 0) is 17.6 Å². The van der Waals surface area contributed by atoms with Gasteiger partial charge in [-0.2, -0.15) is 5.10 Å². The van der Waals surface area contributed by atoms with Gasteiger partial charge in [-0.1, -0.05) is 31.2 Å². The van der Waals surface area contributed by atoms with Gasteiger partial charge in [0.15, 0.2) is 0 Å². The van der Waals surface area contributed by atoms with Crippen LogP contribution in [0.3, 0.4) is 0 Å². The van der Waals surface area contributed by atoms with Gasteiger partial charge in [0.05, 0.1) is 24.5 Å². The molecular weight excluding hydrogens is 316 g/mol. The van der Waals surface area contributed by atoms with E-state index in [0.717, 1.165) is 24.2 Å². The molecule has 0 saturated carbocycles. The van der Waals surface area contributed by atoms with Crippen LogP contribution in [0.25, 0.3) is 0 Å². The van der Waals surface area contributed by atoms with Crippen molar-refractivity contribution < 1.29 is 14.6 Å². The Morgan fingerprint density at radius 2 is 1.96 bits per heavy atom. The van der Waals surface area contributed by atoms with E-state index in [2.05, 4.69) is 24.2 Å². The molecule has 0 radical (unpaired) electrons. The lowest BCUT2D eigenvalue weighted by atomic mass is 9.83. The Bertz CT molecular complexity index is 741. The quantitative estimate of drug-likeness (QED) is 0.877. The third kappa shape index (κ3) is 3.53. The first-order valence-corrected chi connectivity index (χ1v) is 8.83. The fourth-order valence-corrected chi connectivity index (χ4v) is 3.87. The molecule has 1 aliphatic rings. The van der Waals surface area contributed by atoms with Crippen LogP contribution in [-0.4, -0.2) is 39.6 Å². The number of nitrogens with zero attached hydrogens (tertiary/aromatic N) is 2. The minimum atomic E-state index is -0.446. The number of carbonyl (C=O) groups is 1. The largest absolute Gasteiger partial charge is 0.394 e. The van der Waals surface area contributed by atoms with Crippen LogP contribution in [0.15, 0.2) is 30.3 Å². The molecule has 134 valence electrons. The lowest BCUT2D eigenvalue weighted by Crippen LogP contribution is -2.43. The minimum Gasteiger partial charge on any atom is -0.394 e. The van der Waals surface area contributed by atoms with Crippen molar-refractivity contribution in [2.45, 2.75) is 45.6 Å². The Kier molecular flexibility index (Phi) is 5.06. The normalized spacial score (nSPS) is 16.6. The summed E-state index contributed by atoms with van der Waals surface area (Å²) >= 11 is 0. The zero-order valence-corrected chi connectivity index (χ0v) is 15.2. The van der Waals surface area contributed by atoms with E-state index in [4.69, 9.17) is 4.74 Å². The standard InChI is InChI=1S/C20H26N2O3/c1-14(10-19(24)22-16(3)11-15(2)21-22)20(25-9-8-23)12-17-6-4-5-7-18(17)13-20/h4-7,11,14,23H,8-10,12-13H2,1-3H3. The highest BCUT2D eigenvalue weighted by Crippen LogP contribution is 2.39. The lowest BCUT2D eigenvalue weighted by Gasteiger charge is -2.35.